The lowest BCUT2D eigenvalue weighted by atomic mass is 9.93. The number of ether oxygens (including phenoxy) is 1. The van der Waals surface area contributed by atoms with Gasteiger partial charge in [-0.2, -0.15) is 4.31 Å². The molecule has 0 bridgehead atoms. The Hall–Kier alpha value is -2.20. The van der Waals surface area contributed by atoms with Crippen LogP contribution in [0, 0.1) is 15.5 Å². The topological polar surface area (TPSA) is 119 Å². The van der Waals surface area contributed by atoms with Crippen LogP contribution in [0.1, 0.15) is 41.5 Å². The molecule has 0 aliphatic rings. The van der Waals surface area contributed by atoms with Gasteiger partial charge in [-0.15, -0.1) is 0 Å². The van der Waals surface area contributed by atoms with Gasteiger partial charge in [0.25, 0.3) is 5.69 Å². The maximum Gasteiger partial charge on any atom is 0.407 e. The predicted molar refractivity (Wildman–Crippen MR) is 106 cm³/mol. The number of hydrogen-bond acceptors (Lipinski definition) is 6. The van der Waals surface area contributed by atoms with Crippen LogP contribution in [0.2, 0.25) is 0 Å². The van der Waals surface area contributed by atoms with E-state index in [4.69, 9.17) is 4.74 Å². The molecule has 10 heteroatoms. The summed E-state index contributed by atoms with van der Waals surface area (Å²) in [4.78, 5) is 22.0. The summed E-state index contributed by atoms with van der Waals surface area (Å²) in [6, 6.07) is 5.25. The summed E-state index contributed by atoms with van der Waals surface area (Å²) in [5.41, 5.74) is -1.74. The van der Waals surface area contributed by atoms with Crippen LogP contribution in [-0.4, -0.2) is 49.0 Å². The molecular weight excluding hydrogens is 386 g/mol. The maximum absolute atomic E-state index is 13.0. The normalized spacial score (nSPS) is 12.7. The van der Waals surface area contributed by atoms with Crippen molar-refractivity contribution >= 4 is 21.8 Å². The molecule has 1 amide bonds. The summed E-state index contributed by atoms with van der Waals surface area (Å²) in [5.74, 6) is 0. The van der Waals surface area contributed by atoms with E-state index in [1.54, 1.807) is 41.5 Å². The number of sulfonamides is 1. The standard InChI is InChI=1S/C18H29N3O6S/c1-7-20(13-18(5,6)12-19-16(22)27-17(2,3)4)28(25,26)15-11-9-8-10-14(15)21(23)24/h8-11H,7,12-13H2,1-6H3,(H,19,22). The van der Waals surface area contributed by atoms with E-state index in [1.165, 1.54) is 22.5 Å². The van der Waals surface area contributed by atoms with Crippen molar-refractivity contribution in [1.82, 2.24) is 9.62 Å². The van der Waals surface area contributed by atoms with Crippen molar-refractivity contribution < 1.29 is 22.9 Å². The molecule has 0 aliphatic carbocycles. The molecule has 28 heavy (non-hydrogen) atoms. The first kappa shape index (κ1) is 23.8. The van der Waals surface area contributed by atoms with E-state index in [1.807, 2.05) is 0 Å². The van der Waals surface area contributed by atoms with E-state index in [2.05, 4.69) is 5.32 Å². The van der Waals surface area contributed by atoms with Crippen LogP contribution in [-0.2, 0) is 14.8 Å². The molecule has 0 fully saturated rings. The molecule has 1 N–H and O–H groups in total. The minimum Gasteiger partial charge on any atom is -0.444 e. The minimum absolute atomic E-state index is 0.0632. The van der Waals surface area contributed by atoms with E-state index < -0.39 is 37.7 Å². The summed E-state index contributed by atoms with van der Waals surface area (Å²) in [6.45, 7) is 10.8. The van der Waals surface area contributed by atoms with E-state index in [0.29, 0.717) is 0 Å². The number of nitro benzene ring substituents is 1. The van der Waals surface area contributed by atoms with Crippen LogP contribution in [0.25, 0.3) is 0 Å². The molecule has 0 atom stereocenters. The lowest BCUT2D eigenvalue weighted by Crippen LogP contribution is -2.45. The van der Waals surface area contributed by atoms with Gasteiger partial charge in [0.1, 0.15) is 5.60 Å². The average molecular weight is 416 g/mol. The zero-order chi connectivity index (χ0) is 21.8. The van der Waals surface area contributed by atoms with Crippen LogP contribution in [0.3, 0.4) is 0 Å². The molecule has 0 saturated carbocycles. The van der Waals surface area contributed by atoms with Gasteiger partial charge in [0.2, 0.25) is 10.0 Å². The Morgan fingerprint density at radius 3 is 2.29 bits per heavy atom. The highest BCUT2D eigenvalue weighted by Crippen LogP contribution is 2.28. The summed E-state index contributed by atoms with van der Waals surface area (Å²) < 4.78 is 32.4. The molecule has 0 aliphatic heterocycles. The fourth-order valence-corrected chi connectivity index (χ4v) is 4.29. The fraction of sp³-hybridized carbons (Fsp3) is 0.611. The van der Waals surface area contributed by atoms with Crippen LogP contribution in [0.4, 0.5) is 10.5 Å². The molecule has 1 rings (SSSR count). The molecule has 0 unspecified atom stereocenters. The van der Waals surface area contributed by atoms with Gasteiger partial charge in [-0.05, 0) is 32.3 Å². The number of benzene rings is 1. The number of nitro groups is 1. The van der Waals surface area contributed by atoms with Gasteiger partial charge in [0, 0.05) is 25.7 Å². The van der Waals surface area contributed by atoms with E-state index >= 15 is 0 Å². The first-order valence-corrected chi connectivity index (χ1v) is 10.3. The molecule has 0 spiro atoms. The third-order valence-electron chi connectivity index (χ3n) is 3.75. The molecule has 0 radical (unpaired) electrons. The van der Waals surface area contributed by atoms with Gasteiger partial charge in [0.05, 0.1) is 4.92 Å². The number of alkyl carbamates (subject to hydrolysis) is 1. The number of carbonyl (C=O) groups is 1. The molecular formula is C18H29N3O6S. The van der Waals surface area contributed by atoms with Crippen LogP contribution < -0.4 is 5.32 Å². The van der Waals surface area contributed by atoms with E-state index in [9.17, 15) is 23.3 Å². The predicted octanol–water partition coefficient (Wildman–Crippen LogP) is 3.16. The Kier molecular flexibility index (Phi) is 7.55. The van der Waals surface area contributed by atoms with Crippen molar-refractivity contribution in [3.05, 3.63) is 34.4 Å². The molecule has 0 aromatic heterocycles. The van der Waals surface area contributed by atoms with Gasteiger partial charge >= 0.3 is 6.09 Å². The number of para-hydroxylation sites is 1. The van der Waals surface area contributed by atoms with Crippen molar-refractivity contribution in [1.29, 1.82) is 0 Å². The van der Waals surface area contributed by atoms with Gasteiger partial charge in [-0.3, -0.25) is 10.1 Å². The summed E-state index contributed by atoms with van der Waals surface area (Å²) in [5, 5.41) is 13.9. The molecule has 1 aromatic carbocycles. The Labute approximate surface area is 166 Å². The monoisotopic (exact) mass is 415 g/mol. The van der Waals surface area contributed by atoms with Gasteiger partial charge in [-0.1, -0.05) is 32.9 Å². The first-order chi connectivity index (χ1) is 12.7. The Morgan fingerprint density at radius 1 is 1.21 bits per heavy atom. The van der Waals surface area contributed by atoms with Gasteiger partial charge in [0.15, 0.2) is 4.90 Å². The minimum atomic E-state index is -4.08. The highest BCUT2D eigenvalue weighted by Gasteiger charge is 2.34. The Bertz CT molecular complexity index is 815. The van der Waals surface area contributed by atoms with Crippen molar-refractivity contribution in [2.45, 2.75) is 52.0 Å². The van der Waals surface area contributed by atoms with Crippen LogP contribution >= 0.6 is 0 Å². The first-order valence-electron chi connectivity index (χ1n) is 8.90. The summed E-state index contributed by atoms with van der Waals surface area (Å²) in [6.07, 6.45) is -0.592. The number of amides is 1. The number of carbonyl (C=O) groups excluding carboxylic acids is 1. The zero-order valence-electron chi connectivity index (χ0n) is 17.2. The lowest BCUT2D eigenvalue weighted by Gasteiger charge is -2.32. The lowest BCUT2D eigenvalue weighted by molar-refractivity contribution is -0.387. The molecule has 1 aromatic rings. The van der Waals surface area contributed by atoms with E-state index in [-0.39, 0.29) is 24.5 Å². The third-order valence-corrected chi connectivity index (χ3v) is 5.72. The fourth-order valence-electron chi connectivity index (χ4n) is 2.49. The number of hydrogen-bond donors (Lipinski definition) is 1. The highest BCUT2D eigenvalue weighted by molar-refractivity contribution is 7.89. The zero-order valence-corrected chi connectivity index (χ0v) is 18.0. The molecule has 158 valence electrons. The largest absolute Gasteiger partial charge is 0.444 e. The third kappa shape index (κ3) is 6.75. The SMILES string of the molecule is CCN(CC(C)(C)CNC(=O)OC(C)(C)C)S(=O)(=O)c1ccccc1[N+](=O)[O-]. The van der Waals surface area contributed by atoms with Crippen molar-refractivity contribution in [2.75, 3.05) is 19.6 Å². The van der Waals surface area contributed by atoms with Gasteiger partial charge < -0.3 is 10.1 Å². The van der Waals surface area contributed by atoms with Crippen molar-refractivity contribution in [3.63, 3.8) is 0 Å². The highest BCUT2D eigenvalue weighted by atomic mass is 32.2. The second kappa shape index (κ2) is 8.87. The maximum atomic E-state index is 13.0. The van der Waals surface area contributed by atoms with Crippen molar-refractivity contribution in [3.8, 4) is 0 Å². The van der Waals surface area contributed by atoms with E-state index in [0.717, 1.165) is 6.07 Å². The smallest absolute Gasteiger partial charge is 0.407 e. The van der Waals surface area contributed by atoms with Gasteiger partial charge in [-0.25, -0.2) is 13.2 Å². The molecule has 9 nitrogen and oxygen atoms in total. The number of rotatable bonds is 8. The second-order valence-electron chi connectivity index (χ2n) is 8.18. The molecule has 0 saturated heterocycles. The second-order valence-corrected chi connectivity index (χ2v) is 10.1. The van der Waals surface area contributed by atoms with Crippen LogP contribution in [0.15, 0.2) is 29.2 Å². The van der Waals surface area contributed by atoms with Crippen molar-refractivity contribution in [2.24, 2.45) is 5.41 Å². The average Bonchev–Trinajstić information content (AvgIpc) is 2.56. The quantitative estimate of drug-likeness (QED) is 0.514. The molecule has 0 heterocycles. The number of nitrogens with one attached hydrogen (secondary N) is 1. The summed E-state index contributed by atoms with van der Waals surface area (Å²) >= 11 is 0. The Balaban J connectivity index is 2.98. The van der Waals surface area contributed by atoms with Crippen LogP contribution in [0.5, 0.6) is 0 Å². The number of nitrogens with zero attached hydrogens (tertiary/aromatic N) is 2. The summed E-state index contributed by atoms with van der Waals surface area (Å²) in [7, 11) is -4.08. The Morgan fingerprint density at radius 2 is 1.79 bits per heavy atom.